The molecule has 1 aromatic rings. The molecule has 1 fully saturated rings. The lowest BCUT2D eigenvalue weighted by molar-refractivity contribution is -0.274. The molecule has 0 aromatic heterocycles. The van der Waals surface area contributed by atoms with Crippen molar-refractivity contribution < 1.29 is 22.6 Å². The van der Waals surface area contributed by atoms with Crippen molar-refractivity contribution in [2.24, 2.45) is 5.92 Å². The third-order valence-corrected chi connectivity index (χ3v) is 3.33. The van der Waals surface area contributed by atoms with Gasteiger partial charge < -0.3 is 14.8 Å². The zero-order valence-electron chi connectivity index (χ0n) is 12.1. The summed E-state index contributed by atoms with van der Waals surface area (Å²) in [5, 5.41) is 3.42. The maximum absolute atomic E-state index is 12.1. The number of morpholine rings is 1. The quantitative estimate of drug-likeness (QED) is 0.921. The van der Waals surface area contributed by atoms with Gasteiger partial charge in [0.15, 0.2) is 0 Å². The van der Waals surface area contributed by atoms with Gasteiger partial charge in [-0.2, -0.15) is 0 Å². The van der Waals surface area contributed by atoms with Crippen LogP contribution >= 0.6 is 0 Å². The van der Waals surface area contributed by atoms with E-state index >= 15 is 0 Å². The fourth-order valence-corrected chi connectivity index (χ4v) is 2.44. The summed E-state index contributed by atoms with van der Waals surface area (Å²) in [5.41, 5.74) is 0.847. The van der Waals surface area contributed by atoms with Crippen molar-refractivity contribution >= 4 is 0 Å². The zero-order chi connectivity index (χ0) is 15.5. The highest BCUT2D eigenvalue weighted by atomic mass is 19.4. The Balaban J connectivity index is 1.89. The lowest BCUT2D eigenvalue weighted by atomic mass is 10.0. The SMILES string of the molecule is CC(C)CC1COC(c2ccc(OC(F)(F)F)cc2)CN1. The number of halogens is 3. The molecule has 1 aliphatic rings. The van der Waals surface area contributed by atoms with Gasteiger partial charge in [-0.3, -0.25) is 0 Å². The number of alkyl halides is 3. The number of benzene rings is 1. The van der Waals surface area contributed by atoms with Crippen LogP contribution < -0.4 is 10.1 Å². The first kappa shape index (κ1) is 16.1. The third kappa shape index (κ3) is 5.21. The Bertz CT molecular complexity index is 437. The number of ether oxygens (including phenoxy) is 2. The Kier molecular flexibility index (Phi) is 5.11. The Hall–Kier alpha value is -1.27. The summed E-state index contributed by atoms with van der Waals surface area (Å²) in [5.74, 6) is 0.383. The van der Waals surface area contributed by atoms with Crippen LogP contribution in [-0.4, -0.2) is 25.6 Å². The van der Waals surface area contributed by atoms with Crippen LogP contribution in [0.3, 0.4) is 0 Å². The van der Waals surface area contributed by atoms with E-state index in [9.17, 15) is 13.2 Å². The largest absolute Gasteiger partial charge is 0.573 e. The lowest BCUT2D eigenvalue weighted by Crippen LogP contribution is -2.43. The Morgan fingerprint density at radius 1 is 1.29 bits per heavy atom. The molecule has 21 heavy (non-hydrogen) atoms. The monoisotopic (exact) mass is 303 g/mol. The summed E-state index contributed by atoms with van der Waals surface area (Å²) in [7, 11) is 0. The van der Waals surface area contributed by atoms with Gasteiger partial charge in [0.1, 0.15) is 5.75 Å². The highest BCUT2D eigenvalue weighted by molar-refractivity contribution is 5.29. The van der Waals surface area contributed by atoms with E-state index < -0.39 is 6.36 Å². The molecule has 1 aromatic carbocycles. The minimum Gasteiger partial charge on any atom is -0.406 e. The number of hydrogen-bond acceptors (Lipinski definition) is 3. The van der Waals surface area contributed by atoms with E-state index in [0.29, 0.717) is 25.1 Å². The summed E-state index contributed by atoms with van der Waals surface area (Å²) in [6.07, 6.45) is -3.74. The fourth-order valence-electron chi connectivity index (χ4n) is 2.44. The van der Waals surface area contributed by atoms with Crippen molar-refractivity contribution in [1.82, 2.24) is 5.32 Å². The Morgan fingerprint density at radius 3 is 2.43 bits per heavy atom. The van der Waals surface area contributed by atoms with Crippen LogP contribution in [0.1, 0.15) is 31.9 Å². The average molecular weight is 303 g/mol. The first-order chi connectivity index (χ1) is 9.83. The zero-order valence-corrected chi connectivity index (χ0v) is 12.1. The smallest absolute Gasteiger partial charge is 0.406 e. The second kappa shape index (κ2) is 6.66. The summed E-state index contributed by atoms with van der Waals surface area (Å²) < 4.78 is 45.9. The van der Waals surface area contributed by atoms with Gasteiger partial charge in [0.25, 0.3) is 0 Å². The van der Waals surface area contributed by atoms with E-state index in [-0.39, 0.29) is 11.9 Å². The first-order valence-corrected chi connectivity index (χ1v) is 7.04. The van der Waals surface area contributed by atoms with Crippen molar-refractivity contribution in [2.75, 3.05) is 13.2 Å². The van der Waals surface area contributed by atoms with Gasteiger partial charge in [-0.05, 0) is 30.0 Å². The molecule has 1 aliphatic heterocycles. The van der Waals surface area contributed by atoms with Crippen LogP contribution in [0.4, 0.5) is 13.2 Å². The van der Waals surface area contributed by atoms with E-state index in [1.807, 2.05) is 0 Å². The summed E-state index contributed by atoms with van der Waals surface area (Å²) in [6, 6.07) is 6.18. The molecule has 0 bridgehead atoms. The van der Waals surface area contributed by atoms with Crippen LogP contribution in [0.2, 0.25) is 0 Å². The van der Waals surface area contributed by atoms with Gasteiger partial charge in [0, 0.05) is 12.6 Å². The van der Waals surface area contributed by atoms with E-state index in [2.05, 4.69) is 23.9 Å². The molecule has 3 nitrogen and oxygen atoms in total. The van der Waals surface area contributed by atoms with Gasteiger partial charge in [0.05, 0.1) is 12.7 Å². The maximum Gasteiger partial charge on any atom is 0.573 e. The minimum absolute atomic E-state index is 0.131. The van der Waals surface area contributed by atoms with Crippen LogP contribution in [0.25, 0.3) is 0 Å². The third-order valence-electron chi connectivity index (χ3n) is 3.33. The van der Waals surface area contributed by atoms with Gasteiger partial charge in [-0.1, -0.05) is 26.0 Å². The number of nitrogens with one attached hydrogen (secondary N) is 1. The van der Waals surface area contributed by atoms with E-state index in [4.69, 9.17) is 4.74 Å². The van der Waals surface area contributed by atoms with E-state index in [0.717, 1.165) is 12.0 Å². The highest BCUT2D eigenvalue weighted by Gasteiger charge is 2.31. The molecule has 2 unspecified atom stereocenters. The van der Waals surface area contributed by atoms with Crippen LogP contribution in [0, 0.1) is 5.92 Å². The molecule has 0 radical (unpaired) electrons. The molecule has 2 atom stereocenters. The van der Waals surface area contributed by atoms with Crippen molar-refractivity contribution in [2.45, 2.75) is 38.8 Å². The van der Waals surface area contributed by atoms with Crippen LogP contribution in [0.15, 0.2) is 24.3 Å². The molecule has 0 aliphatic carbocycles. The van der Waals surface area contributed by atoms with Gasteiger partial charge in [-0.15, -0.1) is 13.2 Å². The molecule has 118 valence electrons. The Morgan fingerprint density at radius 2 is 1.95 bits per heavy atom. The molecule has 1 saturated heterocycles. The molecule has 0 spiro atoms. The van der Waals surface area contributed by atoms with Crippen molar-refractivity contribution in [3.63, 3.8) is 0 Å². The maximum atomic E-state index is 12.1. The average Bonchev–Trinajstić information content (AvgIpc) is 2.38. The predicted molar refractivity (Wildman–Crippen MR) is 73.1 cm³/mol. The summed E-state index contributed by atoms with van der Waals surface area (Å²) in [6.45, 7) is 5.60. The van der Waals surface area contributed by atoms with E-state index in [1.165, 1.54) is 12.1 Å². The summed E-state index contributed by atoms with van der Waals surface area (Å²) >= 11 is 0. The van der Waals surface area contributed by atoms with Crippen LogP contribution in [-0.2, 0) is 4.74 Å². The molecule has 2 rings (SSSR count). The van der Waals surface area contributed by atoms with Crippen molar-refractivity contribution in [3.05, 3.63) is 29.8 Å². The van der Waals surface area contributed by atoms with Gasteiger partial charge in [-0.25, -0.2) is 0 Å². The molecular weight excluding hydrogens is 283 g/mol. The second-order valence-corrected chi connectivity index (χ2v) is 5.67. The topological polar surface area (TPSA) is 30.5 Å². The first-order valence-electron chi connectivity index (χ1n) is 7.04. The normalized spacial score (nSPS) is 23.3. The van der Waals surface area contributed by atoms with Gasteiger partial charge >= 0.3 is 6.36 Å². The van der Waals surface area contributed by atoms with Crippen molar-refractivity contribution in [1.29, 1.82) is 0 Å². The molecular formula is C15H20F3NO2. The lowest BCUT2D eigenvalue weighted by Gasteiger charge is -2.31. The highest BCUT2D eigenvalue weighted by Crippen LogP contribution is 2.26. The molecule has 1 heterocycles. The second-order valence-electron chi connectivity index (χ2n) is 5.67. The predicted octanol–water partition coefficient (Wildman–Crippen LogP) is 3.66. The Labute approximate surface area is 122 Å². The van der Waals surface area contributed by atoms with Crippen molar-refractivity contribution in [3.8, 4) is 5.75 Å². The fraction of sp³-hybridized carbons (Fsp3) is 0.600. The molecule has 0 amide bonds. The molecule has 0 saturated carbocycles. The number of hydrogen-bond donors (Lipinski definition) is 1. The summed E-state index contributed by atoms with van der Waals surface area (Å²) in [4.78, 5) is 0. The van der Waals surface area contributed by atoms with Crippen LogP contribution in [0.5, 0.6) is 5.75 Å². The molecule has 1 N–H and O–H groups in total. The standard InChI is InChI=1S/C15H20F3NO2/c1-10(2)7-12-9-20-14(8-19-12)11-3-5-13(6-4-11)21-15(16,17)18/h3-6,10,12,14,19H,7-9H2,1-2H3. The number of rotatable bonds is 4. The van der Waals surface area contributed by atoms with Gasteiger partial charge in [0.2, 0.25) is 0 Å². The minimum atomic E-state index is -4.66. The molecule has 6 heteroatoms. The van der Waals surface area contributed by atoms with E-state index in [1.54, 1.807) is 12.1 Å².